The van der Waals surface area contributed by atoms with Crippen LogP contribution in [0.1, 0.15) is 59.9 Å². The first-order valence-corrected chi connectivity index (χ1v) is 8.04. The molecule has 1 heterocycles. The molecule has 0 spiro atoms. The van der Waals surface area contributed by atoms with E-state index in [2.05, 4.69) is 31.1 Å². The van der Waals surface area contributed by atoms with E-state index in [0.29, 0.717) is 11.3 Å². The van der Waals surface area contributed by atoms with Crippen molar-refractivity contribution < 1.29 is 4.39 Å². The molecular weight excluding hydrogens is 275 g/mol. The van der Waals surface area contributed by atoms with Gasteiger partial charge in [0.15, 0.2) is 0 Å². The summed E-state index contributed by atoms with van der Waals surface area (Å²) in [6.45, 7) is 14.6. The van der Waals surface area contributed by atoms with Gasteiger partial charge in [-0.15, -0.1) is 0 Å². The molecular formula is C19H31FN2. The van der Waals surface area contributed by atoms with Crippen molar-refractivity contribution in [3.05, 3.63) is 47.6 Å². The Morgan fingerprint density at radius 1 is 1.27 bits per heavy atom. The van der Waals surface area contributed by atoms with Gasteiger partial charge in [-0.05, 0) is 46.8 Å². The maximum Gasteiger partial charge on any atom is 0.106 e. The fraction of sp³-hybridized carbons (Fsp3) is 0.526. The maximum atomic E-state index is 13.6. The molecule has 1 N–H and O–H groups in total. The Balaban J connectivity index is 0.00000211. The molecule has 124 valence electrons. The van der Waals surface area contributed by atoms with Gasteiger partial charge in [0.2, 0.25) is 0 Å². The Kier molecular flexibility index (Phi) is 9.59. The second-order valence-electron chi connectivity index (χ2n) is 5.89. The van der Waals surface area contributed by atoms with E-state index in [1.165, 1.54) is 6.92 Å². The van der Waals surface area contributed by atoms with Gasteiger partial charge in [-0.2, -0.15) is 0 Å². The van der Waals surface area contributed by atoms with Crippen molar-refractivity contribution in [1.29, 1.82) is 0 Å². The normalized spacial score (nSPS) is 12.7. The summed E-state index contributed by atoms with van der Waals surface area (Å²) in [4.78, 5) is 4.54. The molecule has 0 aliphatic rings. The van der Waals surface area contributed by atoms with Gasteiger partial charge in [-0.25, -0.2) is 4.39 Å². The van der Waals surface area contributed by atoms with Crippen molar-refractivity contribution in [3.8, 4) is 0 Å². The first-order valence-electron chi connectivity index (χ1n) is 8.04. The Morgan fingerprint density at radius 2 is 1.91 bits per heavy atom. The number of nitrogens with one attached hydrogen (secondary N) is 1. The summed E-state index contributed by atoms with van der Waals surface area (Å²) >= 11 is 0. The van der Waals surface area contributed by atoms with E-state index in [0.717, 1.165) is 18.7 Å². The highest BCUT2D eigenvalue weighted by Crippen LogP contribution is 2.19. The number of hydrogen-bond acceptors (Lipinski definition) is 2. The Bertz CT molecular complexity index is 492. The van der Waals surface area contributed by atoms with Crippen LogP contribution in [-0.4, -0.2) is 17.1 Å². The van der Waals surface area contributed by atoms with Crippen LogP contribution in [0.4, 0.5) is 4.39 Å². The van der Waals surface area contributed by atoms with Crippen LogP contribution >= 0.6 is 0 Å². The van der Waals surface area contributed by atoms with E-state index < -0.39 is 0 Å². The summed E-state index contributed by atoms with van der Waals surface area (Å²) in [6, 6.07) is 5.76. The molecule has 0 saturated carbocycles. The number of allylic oxidation sites excluding steroid dienone is 4. The second-order valence-corrected chi connectivity index (χ2v) is 5.89. The highest BCUT2D eigenvalue weighted by Gasteiger charge is 2.09. The van der Waals surface area contributed by atoms with Crippen LogP contribution < -0.4 is 5.32 Å². The summed E-state index contributed by atoms with van der Waals surface area (Å²) in [5.41, 5.74) is 2.32. The fourth-order valence-electron chi connectivity index (χ4n) is 1.88. The van der Waals surface area contributed by atoms with Gasteiger partial charge >= 0.3 is 0 Å². The lowest BCUT2D eigenvalue weighted by Crippen LogP contribution is -2.37. The van der Waals surface area contributed by atoms with E-state index in [-0.39, 0.29) is 11.4 Å². The first kappa shape index (κ1) is 20.5. The summed E-state index contributed by atoms with van der Waals surface area (Å²) in [5, 5.41) is 3.43. The number of aromatic nitrogens is 1. The van der Waals surface area contributed by atoms with Gasteiger partial charge in [0, 0.05) is 29.8 Å². The van der Waals surface area contributed by atoms with Crippen molar-refractivity contribution in [1.82, 2.24) is 10.3 Å². The lowest BCUT2D eigenvalue weighted by atomic mass is 10.1. The first-order chi connectivity index (χ1) is 10.3. The largest absolute Gasteiger partial charge is 0.312 e. The van der Waals surface area contributed by atoms with E-state index in [1.807, 2.05) is 45.0 Å². The summed E-state index contributed by atoms with van der Waals surface area (Å²) < 4.78 is 13.6. The fourth-order valence-corrected chi connectivity index (χ4v) is 1.88. The maximum absolute atomic E-state index is 13.6. The Hall–Kier alpha value is -1.48. The molecule has 22 heavy (non-hydrogen) atoms. The zero-order valence-electron chi connectivity index (χ0n) is 15.1. The van der Waals surface area contributed by atoms with Crippen molar-refractivity contribution >= 4 is 5.57 Å². The molecule has 1 aromatic rings. The molecule has 0 saturated heterocycles. The van der Waals surface area contributed by atoms with Crippen LogP contribution in [0.3, 0.4) is 0 Å². The predicted molar refractivity (Wildman–Crippen MR) is 95.6 cm³/mol. The third kappa shape index (κ3) is 8.08. The van der Waals surface area contributed by atoms with Crippen LogP contribution in [0, 0.1) is 0 Å². The zero-order chi connectivity index (χ0) is 17.2. The lowest BCUT2D eigenvalue weighted by molar-refractivity contribution is 0.428. The van der Waals surface area contributed by atoms with Crippen LogP contribution in [0.2, 0.25) is 0 Å². The minimum atomic E-state index is -0.208. The summed E-state index contributed by atoms with van der Waals surface area (Å²) in [7, 11) is 0. The number of hydrogen-bond donors (Lipinski definition) is 1. The van der Waals surface area contributed by atoms with Crippen molar-refractivity contribution in [3.63, 3.8) is 0 Å². The number of nitrogens with zero attached hydrogens (tertiary/aromatic N) is 1. The molecule has 1 rings (SSSR count). The molecule has 0 unspecified atom stereocenters. The van der Waals surface area contributed by atoms with Crippen molar-refractivity contribution in [2.45, 2.75) is 60.4 Å². The van der Waals surface area contributed by atoms with Crippen molar-refractivity contribution in [2.24, 2.45) is 0 Å². The smallest absolute Gasteiger partial charge is 0.106 e. The summed E-state index contributed by atoms with van der Waals surface area (Å²) in [5.74, 6) is -0.208. The number of halogens is 1. The second kappa shape index (κ2) is 10.3. The predicted octanol–water partition coefficient (Wildman–Crippen LogP) is 5.32. The zero-order valence-corrected chi connectivity index (χ0v) is 15.1. The molecule has 0 aliphatic carbocycles. The van der Waals surface area contributed by atoms with Crippen LogP contribution in [0.5, 0.6) is 0 Å². The van der Waals surface area contributed by atoms with Gasteiger partial charge in [-0.1, -0.05) is 32.1 Å². The standard InChI is InChI=1S/C17H25FN2.C2H6/c1-6-8-15(13(2)18)16-10-7-9-14(20-16)11-12-19-17(3,4)5;1-2/h6-10,19H,11-12H2,1-5H3;1-2H3/b8-6-,15-13-;. The monoisotopic (exact) mass is 306 g/mol. The molecule has 2 nitrogen and oxygen atoms in total. The van der Waals surface area contributed by atoms with Crippen LogP contribution in [0.15, 0.2) is 36.2 Å². The highest BCUT2D eigenvalue weighted by atomic mass is 19.1. The highest BCUT2D eigenvalue weighted by molar-refractivity contribution is 5.72. The third-order valence-corrected chi connectivity index (χ3v) is 2.82. The molecule has 0 bridgehead atoms. The SMILES string of the molecule is C/C=C\C(=C(/C)F)c1cccc(CCNC(C)(C)C)n1.CC. The van der Waals surface area contributed by atoms with Crippen molar-refractivity contribution in [2.75, 3.05) is 6.54 Å². The molecule has 3 heteroatoms. The third-order valence-electron chi connectivity index (χ3n) is 2.82. The molecule has 0 aliphatic heterocycles. The van der Waals surface area contributed by atoms with E-state index in [1.54, 1.807) is 6.08 Å². The topological polar surface area (TPSA) is 24.9 Å². The van der Waals surface area contributed by atoms with E-state index in [9.17, 15) is 4.39 Å². The van der Waals surface area contributed by atoms with E-state index in [4.69, 9.17) is 0 Å². The Labute approximate surface area is 135 Å². The average Bonchev–Trinajstić information content (AvgIpc) is 2.45. The van der Waals surface area contributed by atoms with Crippen LogP contribution in [0.25, 0.3) is 5.57 Å². The minimum absolute atomic E-state index is 0.100. The number of pyridine rings is 1. The average molecular weight is 306 g/mol. The molecule has 0 atom stereocenters. The van der Waals surface area contributed by atoms with Gasteiger partial charge in [0.05, 0.1) is 5.69 Å². The Morgan fingerprint density at radius 3 is 2.41 bits per heavy atom. The van der Waals surface area contributed by atoms with Crippen LogP contribution in [-0.2, 0) is 6.42 Å². The lowest BCUT2D eigenvalue weighted by Gasteiger charge is -2.20. The molecule has 1 aromatic heterocycles. The van der Waals surface area contributed by atoms with Gasteiger partial charge in [0.25, 0.3) is 0 Å². The molecule has 0 radical (unpaired) electrons. The molecule has 0 amide bonds. The van der Waals surface area contributed by atoms with Gasteiger partial charge in [-0.3, -0.25) is 4.98 Å². The van der Waals surface area contributed by atoms with Gasteiger partial charge < -0.3 is 5.32 Å². The summed E-state index contributed by atoms with van der Waals surface area (Å²) in [6.07, 6.45) is 4.42. The quantitative estimate of drug-likeness (QED) is 0.745. The number of rotatable bonds is 5. The molecule has 0 aromatic carbocycles. The minimum Gasteiger partial charge on any atom is -0.312 e. The molecule has 0 fully saturated rings. The van der Waals surface area contributed by atoms with E-state index >= 15 is 0 Å². The van der Waals surface area contributed by atoms with Gasteiger partial charge in [0.1, 0.15) is 5.83 Å².